The Balaban J connectivity index is 1.55. The first-order valence-electron chi connectivity index (χ1n) is 12.3. The number of aromatic carboxylic acids is 1. The molecule has 1 amide bonds. The van der Waals surface area contributed by atoms with E-state index < -0.39 is 47.4 Å². The molecule has 1 fully saturated rings. The van der Waals surface area contributed by atoms with Crippen molar-refractivity contribution in [1.82, 2.24) is 24.3 Å². The van der Waals surface area contributed by atoms with Gasteiger partial charge in [0.05, 0.1) is 23.3 Å². The Hall–Kier alpha value is -3.90. The molecule has 4 aromatic rings. The van der Waals surface area contributed by atoms with Gasteiger partial charge in [0, 0.05) is 25.8 Å². The lowest BCUT2D eigenvalue weighted by molar-refractivity contribution is -0.405. The van der Waals surface area contributed by atoms with Gasteiger partial charge in [0.2, 0.25) is 0 Å². The van der Waals surface area contributed by atoms with Gasteiger partial charge in [0.1, 0.15) is 32.7 Å². The van der Waals surface area contributed by atoms with Crippen LogP contribution in [0.2, 0.25) is 4.34 Å². The number of nitrogens with zero attached hydrogens (tertiary/aromatic N) is 6. The number of fused-ring (bicyclic) bond motifs is 1. The van der Waals surface area contributed by atoms with Gasteiger partial charge in [-0.05, 0) is 17.7 Å². The highest BCUT2D eigenvalue weighted by Gasteiger charge is 2.45. The molecule has 1 saturated heterocycles. The molecule has 226 valence electrons. The number of carboxylic acid groups (broad SMARTS) is 1. The van der Waals surface area contributed by atoms with Crippen molar-refractivity contribution in [3.63, 3.8) is 0 Å². The summed E-state index contributed by atoms with van der Waals surface area (Å²) in [6.45, 7) is -1.51. The lowest BCUT2D eigenvalue weighted by atomic mass is 10.1. The van der Waals surface area contributed by atoms with Crippen molar-refractivity contribution in [3.8, 4) is 0 Å². The van der Waals surface area contributed by atoms with Crippen molar-refractivity contribution in [2.45, 2.75) is 23.2 Å². The second-order valence-corrected chi connectivity index (χ2v) is 13.0. The number of carbonyl (C=O) groups is 2. The molecule has 1 aliphatic heterocycles. The van der Waals surface area contributed by atoms with E-state index >= 15 is 0 Å². The van der Waals surface area contributed by atoms with E-state index in [1.165, 1.54) is 41.6 Å². The minimum absolute atomic E-state index is 0.0164. The topological polar surface area (TPSA) is 146 Å². The number of benzene rings is 1. The molecule has 0 saturated carbocycles. The van der Waals surface area contributed by atoms with Crippen LogP contribution in [0.3, 0.4) is 0 Å². The maximum Gasteiger partial charge on any atom is 0.544 e. The summed E-state index contributed by atoms with van der Waals surface area (Å²) < 4.78 is 68.5. The zero-order chi connectivity index (χ0) is 30.9. The Kier molecular flexibility index (Phi) is 8.53. The van der Waals surface area contributed by atoms with Crippen molar-refractivity contribution in [1.29, 1.82) is 0 Å². The van der Waals surface area contributed by atoms with Crippen LogP contribution >= 0.6 is 22.9 Å². The monoisotopic (exact) mass is 656 g/mol. The normalized spacial score (nSPS) is 16.4. The van der Waals surface area contributed by atoms with Gasteiger partial charge >= 0.3 is 12.3 Å². The number of carboxylic acids is 1. The number of piperazine rings is 1. The average Bonchev–Trinajstić information content (AvgIpc) is 3.42. The first-order chi connectivity index (χ1) is 20.3. The van der Waals surface area contributed by atoms with E-state index in [0.29, 0.717) is 5.56 Å². The number of hydrogen-bond acceptors (Lipinski definition) is 10. The summed E-state index contributed by atoms with van der Waals surface area (Å²) >= 11 is 6.68. The molecule has 0 bridgehead atoms. The van der Waals surface area contributed by atoms with E-state index in [4.69, 9.17) is 11.6 Å². The molecule has 4 heterocycles. The summed E-state index contributed by atoms with van der Waals surface area (Å²) in [5.41, 5.74) is 0.197. The van der Waals surface area contributed by atoms with Crippen molar-refractivity contribution in [2.75, 3.05) is 24.5 Å². The van der Waals surface area contributed by atoms with E-state index in [1.54, 1.807) is 18.2 Å². The van der Waals surface area contributed by atoms with Gasteiger partial charge in [-0.1, -0.05) is 41.9 Å². The molecular formula is C25H20ClF3N6O6S2. The summed E-state index contributed by atoms with van der Waals surface area (Å²) in [5.74, 6) is -2.54. The van der Waals surface area contributed by atoms with Crippen molar-refractivity contribution < 1.29 is 41.1 Å². The number of hydroxylamine groups is 2. The molecule has 18 heteroatoms. The summed E-state index contributed by atoms with van der Waals surface area (Å²) in [4.78, 5) is 43.4. The SMILES string of the molecule is O=C(O)c1cncc2ncc(N3CCN(S(=O)(=O)c4ccc(Cl)s4)C(C(=O)N(Cc4ccccc4)OC(F)(F)F)C3)nc12. The van der Waals surface area contributed by atoms with Crippen LogP contribution in [0.5, 0.6) is 0 Å². The second kappa shape index (κ2) is 12.0. The van der Waals surface area contributed by atoms with Crippen LogP contribution in [0.4, 0.5) is 19.0 Å². The van der Waals surface area contributed by atoms with Crippen LogP contribution in [0, 0.1) is 0 Å². The molecular weight excluding hydrogens is 637 g/mol. The minimum atomic E-state index is -5.27. The van der Waals surface area contributed by atoms with Gasteiger partial charge in [0.15, 0.2) is 0 Å². The molecule has 1 aliphatic rings. The standard InChI is InChI=1S/C25H20ClF3N6O6S2/c26-19-6-7-21(42-19)43(39,40)35-9-8-33(20-12-31-17-11-30-10-16(24(37)38)22(17)32-20)14-18(35)23(36)34(41-25(27,28)29)13-15-4-2-1-3-5-15/h1-7,10-12,18H,8-9,13-14H2,(H,37,38). The number of carbonyl (C=O) groups excluding carboxylic acids is 1. The zero-order valence-electron chi connectivity index (χ0n) is 21.7. The molecule has 0 spiro atoms. The number of sulfonamides is 1. The average molecular weight is 657 g/mol. The summed E-state index contributed by atoms with van der Waals surface area (Å²) in [7, 11) is -4.41. The fourth-order valence-electron chi connectivity index (χ4n) is 4.44. The number of amides is 1. The van der Waals surface area contributed by atoms with Crippen LogP contribution in [0.1, 0.15) is 15.9 Å². The van der Waals surface area contributed by atoms with Crippen molar-refractivity contribution >= 4 is 61.7 Å². The number of aromatic nitrogens is 3. The second-order valence-electron chi connectivity index (χ2n) is 9.12. The van der Waals surface area contributed by atoms with E-state index in [0.717, 1.165) is 21.8 Å². The predicted octanol–water partition coefficient (Wildman–Crippen LogP) is 3.80. The van der Waals surface area contributed by atoms with E-state index in [1.807, 2.05) is 0 Å². The number of alkyl halides is 3. The quantitative estimate of drug-likeness (QED) is 0.278. The highest BCUT2D eigenvalue weighted by atomic mass is 35.5. The van der Waals surface area contributed by atoms with Crippen LogP contribution in [-0.2, 0) is 26.2 Å². The van der Waals surface area contributed by atoms with Gasteiger partial charge in [0.25, 0.3) is 15.9 Å². The molecule has 0 radical (unpaired) electrons. The number of halogens is 4. The highest BCUT2D eigenvalue weighted by Crippen LogP contribution is 2.32. The number of pyridine rings is 1. The van der Waals surface area contributed by atoms with Crippen LogP contribution < -0.4 is 4.90 Å². The molecule has 1 unspecified atom stereocenters. The summed E-state index contributed by atoms with van der Waals surface area (Å²) in [5, 5.41) is 9.63. The Morgan fingerprint density at radius 3 is 2.51 bits per heavy atom. The third-order valence-electron chi connectivity index (χ3n) is 6.35. The van der Waals surface area contributed by atoms with E-state index in [2.05, 4.69) is 19.8 Å². The van der Waals surface area contributed by atoms with Gasteiger partial charge in [-0.2, -0.15) is 9.14 Å². The maximum absolute atomic E-state index is 13.8. The molecule has 5 rings (SSSR count). The van der Waals surface area contributed by atoms with E-state index in [-0.39, 0.29) is 49.1 Å². The first-order valence-corrected chi connectivity index (χ1v) is 14.9. The molecule has 3 aromatic heterocycles. The van der Waals surface area contributed by atoms with Crippen molar-refractivity contribution in [2.24, 2.45) is 0 Å². The van der Waals surface area contributed by atoms with E-state index in [9.17, 15) is 36.3 Å². The fourth-order valence-corrected chi connectivity index (χ4v) is 7.62. The third kappa shape index (κ3) is 6.70. The van der Waals surface area contributed by atoms with Gasteiger partial charge in [-0.3, -0.25) is 9.78 Å². The Labute approximate surface area is 250 Å². The van der Waals surface area contributed by atoms with Crippen molar-refractivity contribution in [3.05, 3.63) is 76.5 Å². The lowest BCUT2D eigenvalue weighted by Gasteiger charge is -2.41. The largest absolute Gasteiger partial charge is 0.544 e. The minimum Gasteiger partial charge on any atom is -0.478 e. The van der Waals surface area contributed by atoms with Crippen LogP contribution in [0.25, 0.3) is 11.0 Å². The number of rotatable bonds is 8. The number of hydrogen-bond donors (Lipinski definition) is 1. The number of thiophene rings is 1. The smallest absolute Gasteiger partial charge is 0.478 e. The fraction of sp³-hybridized carbons (Fsp3) is 0.240. The molecule has 0 aliphatic carbocycles. The van der Waals surface area contributed by atoms with Crippen LogP contribution in [0.15, 0.2) is 65.3 Å². The Morgan fingerprint density at radius 2 is 1.86 bits per heavy atom. The Morgan fingerprint density at radius 1 is 1.12 bits per heavy atom. The van der Waals surface area contributed by atoms with Gasteiger partial charge < -0.3 is 10.0 Å². The number of anilines is 1. The highest BCUT2D eigenvalue weighted by molar-refractivity contribution is 7.91. The zero-order valence-corrected chi connectivity index (χ0v) is 24.1. The third-order valence-corrected chi connectivity index (χ3v) is 9.96. The first kappa shape index (κ1) is 30.6. The molecule has 12 nitrogen and oxygen atoms in total. The maximum atomic E-state index is 13.8. The lowest BCUT2D eigenvalue weighted by Crippen LogP contribution is -2.61. The summed E-state index contributed by atoms with van der Waals surface area (Å²) in [6.07, 6.45) is -1.61. The predicted molar refractivity (Wildman–Crippen MR) is 148 cm³/mol. The Bertz CT molecular complexity index is 1780. The van der Waals surface area contributed by atoms with Gasteiger partial charge in [-0.15, -0.1) is 24.5 Å². The van der Waals surface area contributed by atoms with Crippen LogP contribution in [-0.4, -0.2) is 81.8 Å². The molecule has 1 atom stereocenters. The molecule has 1 aromatic carbocycles. The molecule has 43 heavy (non-hydrogen) atoms. The molecule has 1 N–H and O–H groups in total. The summed E-state index contributed by atoms with van der Waals surface area (Å²) in [6, 6.07) is 8.58. The van der Waals surface area contributed by atoms with Gasteiger partial charge in [-0.25, -0.2) is 28.2 Å².